The third-order valence-corrected chi connectivity index (χ3v) is 9.83. The van der Waals surface area contributed by atoms with Crippen LogP contribution in [0.25, 0.3) is 0 Å². The molecule has 1 fully saturated rings. The molecular weight excluding hydrogens is 760 g/mol. The first-order valence-corrected chi connectivity index (χ1v) is 21.6. The first-order valence-electron chi connectivity index (χ1n) is 21.2. The van der Waals surface area contributed by atoms with E-state index in [2.05, 4.69) is 100 Å². The Morgan fingerprint density at radius 2 is 1.20 bits per heavy atom. The number of nitrogens with one attached hydrogen (secondary N) is 2. The number of halogens is 1. The number of hydrogen-bond acceptors (Lipinski definition) is 7. The van der Waals surface area contributed by atoms with Crippen LogP contribution in [0.1, 0.15) is 88.1 Å². The highest BCUT2D eigenvalue weighted by molar-refractivity contribution is 6.30. The number of carbonyl (C=O) groups excluding carboxylic acids is 3. The lowest BCUT2D eigenvalue weighted by molar-refractivity contribution is -0.134. The molecule has 59 heavy (non-hydrogen) atoms. The largest absolute Gasteiger partial charge is 0.478 e. The Balaban J connectivity index is 1.33. The normalized spacial score (nSPS) is 14.3. The molecule has 320 valence electrons. The lowest BCUT2D eigenvalue weighted by Gasteiger charge is -2.30. The summed E-state index contributed by atoms with van der Waals surface area (Å²) in [6, 6.07) is 13.5. The number of hydrogen-bond donors (Lipinski definition) is 2. The molecule has 0 spiro atoms. The number of ether oxygens (including phenoxy) is 2. The Bertz CT molecular complexity index is 1690. The molecule has 9 nitrogen and oxygen atoms in total. The van der Waals surface area contributed by atoms with E-state index in [4.69, 9.17) is 21.1 Å². The van der Waals surface area contributed by atoms with Gasteiger partial charge in [0.15, 0.2) is 11.4 Å². The van der Waals surface area contributed by atoms with Crippen LogP contribution >= 0.6 is 11.6 Å². The van der Waals surface area contributed by atoms with Crippen molar-refractivity contribution >= 4 is 29.2 Å². The number of ketones is 1. The molecule has 1 aliphatic heterocycles. The Kier molecular flexibility index (Phi) is 24.5. The van der Waals surface area contributed by atoms with E-state index in [1.807, 2.05) is 0 Å². The molecule has 3 rings (SSSR count). The summed E-state index contributed by atoms with van der Waals surface area (Å²) in [4.78, 5) is 43.3. The van der Waals surface area contributed by atoms with Gasteiger partial charge in [0.05, 0.1) is 13.2 Å². The molecule has 1 aliphatic rings. The molecule has 0 saturated carbocycles. The highest BCUT2D eigenvalue weighted by Crippen LogP contribution is 2.21. The first-order chi connectivity index (χ1) is 28.7. The zero-order chi connectivity index (χ0) is 42.4. The van der Waals surface area contributed by atoms with E-state index in [1.54, 1.807) is 62.4 Å². The van der Waals surface area contributed by atoms with Gasteiger partial charge >= 0.3 is 0 Å². The molecule has 0 radical (unpaired) electrons. The van der Waals surface area contributed by atoms with E-state index in [0.29, 0.717) is 60.9 Å². The van der Waals surface area contributed by atoms with Crippen LogP contribution in [0.2, 0.25) is 5.02 Å². The van der Waals surface area contributed by atoms with Crippen molar-refractivity contribution in [1.29, 1.82) is 0 Å². The van der Waals surface area contributed by atoms with E-state index >= 15 is 0 Å². The maximum absolute atomic E-state index is 13.2. The fraction of sp³-hybridized carbons (Fsp3) is 0.449. The highest BCUT2D eigenvalue weighted by Gasteiger charge is 2.30. The van der Waals surface area contributed by atoms with Gasteiger partial charge in [0.2, 0.25) is 5.91 Å². The number of allylic oxidation sites excluding steroid dienone is 12. The maximum atomic E-state index is 13.2. The molecule has 10 heteroatoms. The molecule has 0 aliphatic carbocycles. The molecular formula is C49H67ClN4O5. The van der Waals surface area contributed by atoms with Crippen molar-refractivity contribution in [3.05, 3.63) is 138 Å². The van der Waals surface area contributed by atoms with Gasteiger partial charge in [-0.2, -0.15) is 0 Å². The van der Waals surface area contributed by atoms with Crippen molar-refractivity contribution in [2.45, 2.75) is 77.7 Å². The van der Waals surface area contributed by atoms with E-state index < -0.39 is 5.60 Å². The number of benzene rings is 2. The Labute approximate surface area is 358 Å². The summed E-state index contributed by atoms with van der Waals surface area (Å²) in [5, 5.41) is 6.67. The zero-order valence-corrected chi connectivity index (χ0v) is 36.3. The number of amides is 2. The SMILES string of the molecule is CCC=CCC=CCC=CCC=CCC=CCC=CCCC(=O)NCCN(CCNC(=O)C(C)(C)Oc1ccc(C(=O)c2ccc(Cl)cc2)cc1)CCN1CCOCC1. The van der Waals surface area contributed by atoms with Crippen molar-refractivity contribution in [2.75, 3.05) is 65.6 Å². The van der Waals surface area contributed by atoms with Crippen LogP contribution < -0.4 is 15.4 Å². The lowest BCUT2D eigenvalue weighted by Crippen LogP contribution is -2.49. The molecule has 2 aromatic rings. The maximum Gasteiger partial charge on any atom is 0.263 e. The van der Waals surface area contributed by atoms with Gasteiger partial charge in [0.25, 0.3) is 5.91 Å². The molecule has 2 amide bonds. The highest BCUT2D eigenvalue weighted by atomic mass is 35.5. The Morgan fingerprint density at radius 3 is 1.75 bits per heavy atom. The zero-order valence-electron chi connectivity index (χ0n) is 35.6. The number of carbonyl (C=O) groups is 3. The second kappa shape index (κ2) is 29.6. The number of nitrogens with zero attached hydrogens (tertiary/aromatic N) is 2. The van der Waals surface area contributed by atoms with Crippen molar-refractivity contribution < 1.29 is 23.9 Å². The molecule has 1 heterocycles. The second-order valence-corrected chi connectivity index (χ2v) is 15.3. The van der Waals surface area contributed by atoms with Crippen LogP contribution in [0.3, 0.4) is 0 Å². The van der Waals surface area contributed by atoms with Crippen molar-refractivity contribution in [3.63, 3.8) is 0 Å². The van der Waals surface area contributed by atoms with E-state index in [1.165, 1.54) is 0 Å². The molecule has 1 saturated heterocycles. The average Bonchev–Trinajstić information content (AvgIpc) is 3.24. The minimum Gasteiger partial charge on any atom is -0.478 e. The number of morpholine rings is 1. The standard InChI is InChI=1S/C49H67ClN4O5/c1-4-5-6-7-8-9-10-11-12-13-14-15-16-17-18-19-20-21-22-23-46(55)51-32-34-53(36-37-54-38-40-58-41-39-54)35-33-52-48(57)49(2,3)59-45-30-26-43(27-31-45)47(56)42-24-28-44(50)29-25-42/h5-6,8-9,11-12,14-15,17-18,20-21,24-31H,4,7,10,13,16,19,22-23,32-41H2,1-3H3,(H,51,55)(H,52,57). The molecule has 0 aromatic heterocycles. The van der Waals surface area contributed by atoms with E-state index in [9.17, 15) is 14.4 Å². The fourth-order valence-corrected chi connectivity index (χ4v) is 6.19. The second-order valence-electron chi connectivity index (χ2n) is 14.8. The predicted molar refractivity (Wildman–Crippen MR) is 243 cm³/mol. The third-order valence-electron chi connectivity index (χ3n) is 9.58. The summed E-state index contributed by atoms with van der Waals surface area (Å²) in [7, 11) is 0. The van der Waals surface area contributed by atoms with Gasteiger partial charge in [-0.05, 0) is 107 Å². The van der Waals surface area contributed by atoms with Crippen molar-refractivity contribution in [2.24, 2.45) is 0 Å². The monoisotopic (exact) mass is 826 g/mol. The van der Waals surface area contributed by atoms with E-state index in [0.717, 1.165) is 77.9 Å². The molecule has 2 aromatic carbocycles. The lowest BCUT2D eigenvalue weighted by atomic mass is 10.0. The van der Waals surface area contributed by atoms with Crippen LogP contribution in [0.5, 0.6) is 5.75 Å². The minimum atomic E-state index is -1.14. The average molecular weight is 828 g/mol. The van der Waals surface area contributed by atoms with Gasteiger partial charge in [-0.15, -0.1) is 0 Å². The van der Waals surface area contributed by atoms with Gasteiger partial charge in [-0.1, -0.05) is 91.4 Å². The van der Waals surface area contributed by atoms with Gasteiger partial charge in [0, 0.05) is 74.9 Å². The Morgan fingerprint density at radius 1 is 0.712 bits per heavy atom. The minimum absolute atomic E-state index is 0.0345. The van der Waals surface area contributed by atoms with Gasteiger partial charge in [-0.25, -0.2) is 0 Å². The third kappa shape index (κ3) is 21.9. The smallest absolute Gasteiger partial charge is 0.263 e. The molecule has 0 unspecified atom stereocenters. The van der Waals surface area contributed by atoms with Crippen LogP contribution in [0.4, 0.5) is 0 Å². The molecule has 0 bridgehead atoms. The Hall–Kier alpha value is -4.54. The number of rotatable bonds is 28. The predicted octanol–water partition coefficient (Wildman–Crippen LogP) is 9.07. The van der Waals surface area contributed by atoms with Crippen LogP contribution in [-0.4, -0.2) is 98.6 Å². The molecule has 0 atom stereocenters. The van der Waals surface area contributed by atoms with Crippen LogP contribution in [0.15, 0.2) is 121 Å². The van der Waals surface area contributed by atoms with Gasteiger partial charge < -0.3 is 20.1 Å². The van der Waals surface area contributed by atoms with Crippen molar-refractivity contribution in [1.82, 2.24) is 20.4 Å². The van der Waals surface area contributed by atoms with Crippen LogP contribution in [-0.2, 0) is 14.3 Å². The molecule has 2 N–H and O–H groups in total. The van der Waals surface area contributed by atoms with Gasteiger partial charge in [0.1, 0.15) is 5.75 Å². The van der Waals surface area contributed by atoms with Crippen LogP contribution in [0, 0.1) is 0 Å². The summed E-state index contributed by atoms with van der Waals surface area (Å²) < 4.78 is 11.6. The first kappa shape index (κ1) is 48.8. The van der Waals surface area contributed by atoms with Crippen molar-refractivity contribution in [3.8, 4) is 5.75 Å². The summed E-state index contributed by atoms with van der Waals surface area (Å²) in [6.45, 7) is 12.8. The van der Waals surface area contributed by atoms with E-state index in [-0.39, 0.29) is 17.6 Å². The quantitative estimate of drug-likeness (QED) is 0.0653. The summed E-state index contributed by atoms with van der Waals surface area (Å²) in [5.41, 5.74) is -0.0847. The summed E-state index contributed by atoms with van der Waals surface area (Å²) in [6.07, 6.45) is 33.1. The summed E-state index contributed by atoms with van der Waals surface area (Å²) in [5.74, 6) is 0.160. The topological polar surface area (TPSA) is 100 Å². The summed E-state index contributed by atoms with van der Waals surface area (Å²) >= 11 is 5.96. The van der Waals surface area contributed by atoms with Gasteiger partial charge in [-0.3, -0.25) is 24.2 Å². The fourth-order valence-electron chi connectivity index (χ4n) is 6.06.